The van der Waals surface area contributed by atoms with Crippen molar-refractivity contribution >= 4 is 28.1 Å². The number of hydrogen-bond donors (Lipinski definition) is 0. The summed E-state index contributed by atoms with van der Waals surface area (Å²) in [4.78, 5) is 37.6. The molecule has 128 valence electrons. The topological polar surface area (TPSA) is 60.4 Å². The van der Waals surface area contributed by atoms with E-state index >= 15 is 0 Å². The van der Waals surface area contributed by atoms with Crippen LogP contribution in [-0.2, 0) is 20.8 Å². The number of carbonyl (C=O) groups excluding carboxylic acids is 3. The number of ether oxygens (including phenoxy) is 1. The predicted octanol–water partition coefficient (Wildman–Crippen LogP) is 3.24. The summed E-state index contributed by atoms with van der Waals surface area (Å²) in [6.07, 6.45) is 1.33. The first-order chi connectivity index (χ1) is 11.9. The maximum atomic E-state index is 12.9. The third-order valence-corrected chi connectivity index (χ3v) is 6.02. The second kappa shape index (κ2) is 5.25. The second-order valence-electron chi connectivity index (χ2n) is 7.38. The first kappa shape index (κ1) is 16.0. The summed E-state index contributed by atoms with van der Waals surface area (Å²) in [6, 6.07) is 9.83. The maximum Gasteiger partial charge on any atom is 0.159 e. The Labute approximate surface area is 146 Å². The molecule has 0 spiro atoms. The number of rotatable bonds is 2. The zero-order valence-electron chi connectivity index (χ0n) is 14.6. The number of hydrogen-bond acceptors (Lipinski definition) is 4. The van der Waals surface area contributed by atoms with Crippen molar-refractivity contribution in [3.8, 4) is 5.75 Å². The molecule has 2 aliphatic carbocycles. The molecule has 0 aliphatic heterocycles. The third-order valence-electron chi connectivity index (χ3n) is 6.02. The average Bonchev–Trinajstić information content (AvgIpc) is 2.80. The molecule has 1 unspecified atom stereocenters. The quantitative estimate of drug-likeness (QED) is 0.790. The average molecular weight is 336 g/mol. The molecule has 1 saturated carbocycles. The highest BCUT2D eigenvalue weighted by atomic mass is 16.5. The van der Waals surface area contributed by atoms with Crippen LogP contribution in [0.2, 0.25) is 0 Å². The van der Waals surface area contributed by atoms with Gasteiger partial charge in [-0.2, -0.15) is 0 Å². The summed E-state index contributed by atoms with van der Waals surface area (Å²) in [5.74, 6) is -1.57. The number of carbonyl (C=O) groups is 3. The summed E-state index contributed by atoms with van der Waals surface area (Å²) in [5, 5.41) is 2.15. The molecule has 2 aromatic rings. The lowest BCUT2D eigenvalue weighted by Crippen LogP contribution is -2.34. The first-order valence-corrected chi connectivity index (χ1v) is 8.56. The minimum Gasteiger partial charge on any atom is -0.497 e. The van der Waals surface area contributed by atoms with E-state index in [2.05, 4.69) is 0 Å². The van der Waals surface area contributed by atoms with Crippen molar-refractivity contribution in [1.82, 2.24) is 0 Å². The van der Waals surface area contributed by atoms with Crippen molar-refractivity contribution in [2.24, 2.45) is 11.3 Å². The van der Waals surface area contributed by atoms with Gasteiger partial charge in [0, 0.05) is 5.41 Å². The highest BCUT2D eigenvalue weighted by Crippen LogP contribution is 2.54. The van der Waals surface area contributed by atoms with Crippen molar-refractivity contribution in [3.63, 3.8) is 0 Å². The molecule has 2 aromatic carbocycles. The van der Waals surface area contributed by atoms with Crippen LogP contribution in [-0.4, -0.2) is 24.5 Å². The largest absolute Gasteiger partial charge is 0.497 e. The van der Waals surface area contributed by atoms with Crippen molar-refractivity contribution in [2.75, 3.05) is 7.11 Å². The Morgan fingerprint density at radius 2 is 1.96 bits per heavy atom. The molecule has 0 N–H and O–H groups in total. The van der Waals surface area contributed by atoms with Crippen LogP contribution in [0, 0.1) is 11.3 Å². The molecule has 0 aromatic heterocycles. The molecule has 0 amide bonds. The van der Waals surface area contributed by atoms with E-state index < -0.39 is 17.3 Å². The van der Waals surface area contributed by atoms with Crippen LogP contribution < -0.4 is 4.74 Å². The number of benzene rings is 2. The van der Waals surface area contributed by atoms with Gasteiger partial charge < -0.3 is 4.74 Å². The fraction of sp³-hybridized carbons (Fsp3) is 0.381. The van der Waals surface area contributed by atoms with Gasteiger partial charge in [0.05, 0.1) is 13.0 Å². The van der Waals surface area contributed by atoms with Crippen LogP contribution in [0.25, 0.3) is 10.8 Å². The van der Waals surface area contributed by atoms with Gasteiger partial charge in [-0.05, 0) is 53.8 Å². The first-order valence-electron chi connectivity index (χ1n) is 8.56. The smallest absolute Gasteiger partial charge is 0.159 e. The summed E-state index contributed by atoms with van der Waals surface area (Å²) in [6.45, 7) is 3.19. The highest BCUT2D eigenvalue weighted by molar-refractivity contribution is 6.27. The highest BCUT2D eigenvalue weighted by Gasteiger charge is 2.60. The van der Waals surface area contributed by atoms with E-state index in [0.29, 0.717) is 6.42 Å². The molecule has 0 bridgehead atoms. The number of Topliss-reactive ketones (excluding diaryl/α,β-unsaturated/α-hetero) is 3. The summed E-state index contributed by atoms with van der Waals surface area (Å²) in [7, 11) is 1.63. The number of fused-ring (bicyclic) bond motifs is 5. The van der Waals surface area contributed by atoms with Gasteiger partial charge in [0.2, 0.25) is 0 Å². The Kier molecular flexibility index (Phi) is 3.36. The Morgan fingerprint density at radius 1 is 1.20 bits per heavy atom. The van der Waals surface area contributed by atoms with Crippen molar-refractivity contribution < 1.29 is 19.1 Å². The van der Waals surface area contributed by atoms with Gasteiger partial charge in [0.1, 0.15) is 17.5 Å². The van der Waals surface area contributed by atoms with E-state index in [1.807, 2.05) is 37.3 Å². The molecule has 4 nitrogen and oxygen atoms in total. The molecule has 0 radical (unpaired) electrons. The molecular formula is C21H20O4. The van der Waals surface area contributed by atoms with Crippen LogP contribution in [0.5, 0.6) is 5.75 Å². The van der Waals surface area contributed by atoms with E-state index in [0.717, 1.165) is 34.1 Å². The van der Waals surface area contributed by atoms with Gasteiger partial charge in [0.15, 0.2) is 11.6 Å². The molecule has 2 aliphatic rings. The fourth-order valence-electron chi connectivity index (χ4n) is 4.68. The standard InChI is InChI=1S/C21H20O4/c1-11(22)17-19(23)18-16-6-4-12-10-13(25-3)5-7-14(12)15(16)8-9-21(18,2)20(17)24/h4-7,10,17-18H,8-9H2,1-3H3/t17?,18-,21-/m1/s1. The number of aryl methyl sites for hydroxylation is 1. The van der Waals surface area contributed by atoms with Crippen LogP contribution in [0.3, 0.4) is 0 Å². The van der Waals surface area contributed by atoms with Gasteiger partial charge >= 0.3 is 0 Å². The van der Waals surface area contributed by atoms with Crippen LogP contribution in [0.4, 0.5) is 0 Å². The zero-order chi connectivity index (χ0) is 17.9. The minimum absolute atomic E-state index is 0.199. The Hall–Kier alpha value is -2.49. The molecule has 4 rings (SSSR count). The monoisotopic (exact) mass is 336 g/mol. The molecule has 1 fully saturated rings. The van der Waals surface area contributed by atoms with Crippen molar-refractivity contribution in [1.29, 1.82) is 0 Å². The molecule has 3 atom stereocenters. The Bertz CT molecular complexity index is 942. The summed E-state index contributed by atoms with van der Waals surface area (Å²) >= 11 is 0. The second-order valence-corrected chi connectivity index (χ2v) is 7.38. The van der Waals surface area contributed by atoms with Gasteiger partial charge in [-0.1, -0.05) is 25.1 Å². The van der Waals surface area contributed by atoms with E-state index in [1.54, 1.807) is 7.11 Å². The normalized spacial score (nSPS) is 28.0. The molecule has 0 heterocycles. The van der Waals surface area contributed by atoms with E-state index in [9.17, 15) is 14.4 Å². The van der Waals surface area contributed by atoms with Crippen LogP contribution in [0.1, 0.15) is 37.3 Å². The maximum absolute atomic E-state index is 12.9. The van der Waals surface area contributed by atoms with Gasteiger partial charge in [-0.3, -0.25) is 14.4 Å². The van der Waals surface area contributed by atoms with Gasteiger partial charge in [-0.25, -0.2) is 0 Å². The lowest BCUT2D eigenvalue weighted by Gasteiger charge is -2.35. The molecular weight excluding hydrogens is 316 g/mol. The lowest BCUT2D eigenvalue weighted by molar-refractivity contribution is -0.136. The zero-order valence-corrected chi connectivity index (χ0v) is 14.6. The van der Waals surface area contributed by atoms with Crippen LogP contribution >= 0.6 is 0 Å². The number of methoxy groups -OCH3 is 1. The Balaban J connectivity index is 1.92. The van der Waals surface area contributed by atoms with E-state index in [-0.39, 0.29) is 17.3 Å². The minimum atomic E-state index is -1.09. The summed E-state index contributed by atoms with van der Waals surface area (Å²) < 4.78 is 5.29. The van der Waals surface area contributed by atoms with Crippen molar-refractivity contribution in [3.05, 3.63) is 41.5 Å². The molecule has 0 saturated heterocycles. The van der Waals surface area contributed by atoms with Crippen molar-refractivity contribution in [2.45, 2.75) is 32.6 Å². The van der Waals surface area contributed by atoms with Crippen LogP contribution in [0.15, 0.2) is 30.3 Å². The fourth-order valence-corrected chi connectivity index (χ4v) is 4.68. The SMILES string of the molecule is COc1ccc2c3c(ccc2c1)[C@@H]1C(=O)C(C(C)=O)C(=O)[C@]1(C)CC3. The molecule has 4 heteroatoms. The number of ketones is 3. The van der Waals surface area contributed by atoms with Gasteiger partial charge in [-0.15, -0.1) is 0 Å². The Morgan fingerprint density at radius 3 is 2.64 bits per heavy atom. The lowest BCUT2D eigenvalue weighted by atomic mass is 9.65. The summed E-state index contributed by atoms with van der Waals surface area (Å²) in [5.41, 5.74) is 1.27. The van der Waals surface area contributed by atoms with Gasteiger partial charge in [0.25, 0.3) is 0 Å². The van der Waals surface area contributed by atoms with E-state index in [4.69, 9.17) is 4.74 Å². The van der Waals surface area contributed by atoms with E-state index in [1.165, 1.54) is 6.92 Å². The molecule has 25 heavy (non-hydrogen) atoms. The third kappa shape index (κ3) is 2.03. The predicted molar refractivity (Wildman–Crippen MR) is 93.9 cm³/mol.